The number of alkyl halides is 3. The number of amides is 1. The van der Waals surface area contributed by atoms with Gasteiger partial charge in [0.05, 0.1) is 36.0 Å². The van der Waals surface area contributed by atoms with Gasteiger partial charge in [-0.1, -0.05) is 18.2 Å². The van der Waals surface area contributed by atoms with Gasteiger partial charge in [0.1, 0.15) is 24.2 Å². The van der Waals surface area contributed by atoms with Crippen LogP contribution in [0.15, 0.2) is 54.6 Å². The van der Waals surface area contributed by atoms with Crippen molar-refractivity contribution >= 4 is 23.3 Å². The van der Waals surface area contributed by atoms with E-state index in [1.807, 2.05) is 31.3 Å². The van der Waals surface area contributed by atoms with Crippen LogP contribution in [0.1, 0.15) is 45.5 Å². The molecule has 0 unspecified atom stereocenters. The molecule has 0 bridgehead atoms. The highest BCUT2D eigenvalue weighted by molar-refractivity contribution is 6.07. The molecule has 10 heteroatoms. The molecule has 41 heavy (non-hydrogen) atoms. The molecule has 1 atom stereocenters. The summed E-state index contributed by atoms with van der Waals surface area (Å²) < 4.78 is 58.5. The number of hydrogen-bond donors (Lipinski definition) is 1. The molecule has 7 nitrogen and oxygen atoms in total. The second-order valence-corrected chi connectivity index (χ2v) is 10.6. The van der Waals surface area contributed by atoms with Crippen molar-refractivity contribution in [2.45, 2.75) is 44.4 Å². The maximum Gasteiger partial charge on any atom is 0.418 e. The minimum atomic E-state index is -4.71. The third-order valence-electron chi connectivity index (χ3n) is 7.67. The van der Waals surface area contributed by atoms with E-state index in [0.29, 0.717) is 41.8 Å². The van der Waals surface area contributed by atoms with Gasteiger partial charge in [0.2, 0.25) is 0 Å². The summed E-state index contributed by atoms with van der Waals surface area (Å²) in [5, 5.41) is 2.45. The quantitative estimate of drug-likeness (QED) is 0.350. The minimum absolute atomic E-state index is 0.216. The number of anilines is 2. The van der Waals surface area contributed by atoms with Gasteiger partial charge >= 0.3 is 12.1 Å². The lowest BCUT2D eigenvalue weighted by Crippen LogP contribution is -2.41. The zero-order valence-electron chi connectivity index (χ0n) is 23.2. The molecule has 0 radical (unpaired) electrons. The molecule has 1 aliphatic carbocycles. The maximum absolute atomic E-state index is 13.9. The van der Waals surface area contributed by atoms with Gasteiger partial charge in [-0.05, 0) is 79.8 Å². The van der Waals surface area contributed by atoms with Gasteiger partial charge in [0.15, 0.2) is 0 Å². The molecular formula is C31H31F3N2O5. The van der Waals surface area contributed by atoms with Gasteiger partial charge < -0.3 is 24.4 Å². The Morgan fingerprint density at radius 1 is 1.07 bits per heavy atom. The fourth-order valence-electron chi connectivity index (χ4n) is 5.44. The summed E-state index contributed by atoms with van der Waals surface area (Å²) in [7, 11) is 3.23. The van der Waals surface area contributed by atoms with Gasteiger partial charge in [-0.25, -0.2) is 0 Å². The van der Waals surface area contributed by atoms with Crippen LogP contribution in [0.25, 0.3) is 0 Å². The third-order valence-corrected chi connectivity index (χ3v) is 7.67. The predicted octanol–water partition coefficient (Wildman–Crippen LogP) is 6.06. The topological polar surface area (TPSA) is 77.1 Å². The van der Waals surface area contributed by atoms with Crippen LogP contribution < -0.4 is 19.7 Å². The van der Waals surface area contributed by atoms with Crippen LogP contribution in [0, 0.1) is 13.8 Å². The average molecular weight is 569 g/mol. The Hall–Kier alpha value is -4.21. The smallest absolute Gasteiger partial charge is 0.418 e. The fraction of sp³-hybridized carbons (Fsp3) is 0.355. The SMILES string of the molecule is COC(=O)C1(c2ccc(C(F)(F)F)c(NC(=O)c3c(C)cc(OC[C@@H]4CN(C)c5ccccc5O4)cc3C)c2)CC1. The Labute approximate surface area is 236 Å². The molecule has 3 aromatic rings. The van der Waals surface area contributed by atoms with Crippen LogP contribution in [-0.2, 0) is 21.1 Å². The van der Waals surface area contributed by atoms with Crippen molar-refractivity contribution in [3.63, 3.8) is 0 Å². The first kappa shape index (κ1) is 28.3. The molecule has 1 amide bonds. The highest BCUT2D eigenvalue weighted by Gasteiger charge is 2.53. The summed E-state index contributed by atoms with van der Waals surface area (Å²) in [4.78, 5) is 27.8. The monoisotopic (exact) mass is 568 g/mol. The summed E-state index contributed by atoms with van der Waals surface area (Å²) in [6.45, 7) is 4.31. The molecule has 2 aliphatic rings. The van der Waals surface area contributed by atoms with Crippen molar-refractivity contribution in [3.8, 4) is 11.5 Å². The highest BCUT2D eigenvalue weighted by Crippen LogP contribution is 2.50. The van der Waals surface area contributed by atoms with Crippen LogP contribution in [0.4, 0.5) is 24.5 Å². The summed E-state index contributed by atoms with van der Waals surface area (Å²) >= 11 is 0. The van der Waals surface area contributed by atoms with Crippen molar-refractivity contribution in [3.05, 3.63) is 82.4 Å². The lowest BCUT2D eigenvalue weighted by molar-refractivity contribution is -0.143. The predicted molar refractivity (Wildman–Crippen MR) is 148 cm³/mol. The number of para-hydroxylation sites is 2. The maximum atomic E-state index is 13.9. The number of benzene rings is 3. The first-order valence-electron chi connectivity index (χ1n) is 13.3. The van der Waals surface area contributed by atoms with Crippen molar-refractivity contribution in [2.24, 2.45) is 0 Å². The lowest BCUT2D eigenvalue weighted by atomic mass is 9.93. The van der Waals surface area contributed by atoms with E-state index < -0.39 is 34.7 Å². The third kappa shape index (κ3) is 5.55. The van der Waals surface area contributed by atoms with E-state index in [1.165, 1.54) is 19.2 Å². The zero-order valence-corrected chi connectivity index (χ0v) is 23.2. The normalized spacial score (nSPS) is 17.2. The van der Waals surface area contributed by atoms with E-state index in [4.69, 9.17) is 14.2 Å². The van der Waals surface area contributed by atoms with Crippen molar-refractivity contribution in [1.82, 2.24) is 0 Å². The number of methoxy groups -OCH3 is 1. The average Bonchev–Trinajstić information content (AvgIpc) is 3.73. The van der Waals surface area contributed by atoms with E-state index in [1.54, 1.807) is 26.0 Å². The number of carbonyl (C=O) groups excluding carboxylic acids is 2. The molecule has 3 aromatic carbocycles. The Balaban J connectivity index is 1.34. The Bertz CT molecular complexity index is 1480. The van der Waals surface area contributed by atoms with Crippen LogP contribution in [0.3, 0.4) is 0 Å². The molecular weight excluding hydrogens is 537 g/mol. The molecule has 1 heterocycles. The van der Waals surface area contributed by atoms with Gasteiger partial charge in [-0.3, -0.25) is 9.59 Å². The minimum Gasteiger partial charge on any atom is -0.490 e. The Kier molecular flexibility index (Phi) is 7.35. The largest absolute Gasteiger partial charge is 0.490 e. The first-order valence-corrected chi connectivity index (χ1v) is 13.3. The van der Waals surface area contributed by atoms with E-state index >= 15 is 0 Å². The summed E-state index contributed by atoms with van der Waals surface area (Å²) in [5.41, 5.74) is 0.322. The number of ether oxygens (including phenoxy) is 3. The molecule has 5 rings (SSSR count). The van der Waals surface area contributed by atoms with Gasteiger partial charge in [-0.15, -0.1) is 0 Å². The number of aryl methyl sites for hydroxylation is 2. The fourth-order valence-corrected chi connectivity index (χ4v) is 5.44. The molecule has 1 fully saturated rings. The van der Waals surface area contributed by atoms with Crippen LogP contribution in [-0.4, -0.2) is 45.3 Å². The number of nitrogens with zero attached hydrogens (tertiary/aromatic N) is 1. The van der Waals surface area contributed by atoms with E-state index in [9.17, 15) is 22.8 Å². The Morgan fingerprint density at radius 3 is 2.39 bits per heavy atom. The second-order valence-electron chi connectivity index (χ2n) is 10.6. The first-order chi connectivity index (χ1) is 19.4. The number of hydrogen-bond acceptors (Lipinski definition) is 6. The second kappa shape index (κ2) is 10.6. The van der Waals surface area contributed by atoms with Crippen molar-refractivity contribution < 1.29 is 37.0 Å². The van der Waals surface area contributed by atoms with E-state index in [2.05, 4.69) is 10.2 Å². The van der Waals surface area contributed by atoms with E-state index in [-0.39, 0.29) is 18.3 Å². The van der Waals surface area contributed by atoms with E-state index in [0.717, 1.165) is 17.5 Å². The van der Waals surface area contributed by atoms with Gasteiger partial charge in [-0.2, -0.15) is 13.2 Å². The number of esters is 1. The summed E-state index contributed by atoms with van der Waals surface area (Å²) in [5.74, 6) is 0.0985. The van der Waals surface area contributed by atoms with Crippen LogP contribution >= 0.6 is 0 Å². The number of nitrogens with one attached hydrogen (secondary N) is 1. The summed E-state index contributed by atoms with van der Waals surface area (Å²) in [6, 6.07) is 14.5. The molecule has 1 aliphatic heterocycles. The molecule has 0 aromatic heterocycles. The molecule has 1 saturated carbocycles. The molecule has 216 valence electrons. The zero-order chi connectivity index (χ0) is 29.5. The standard InChI is InChI=1S/C31H31F3N2O5/c1-18-13-21(40-17-22-16-36(3)25-7-5-6-8-26(25)41-22)14-19(2)27(18)28(37)35-24-15-20(9-10-23(24)31(32,33)34)30(11-12-30)29(38)39-4/h5-10,13-15,22H,11-12,16-17H2,1-4H3,(H,35,37)/t22-/m0/s1. The number of carbonyl (C=O) groups is 2. The number of rotatable bonds is 7. The number of fused-ring (bicyclic) bond motifs is 1. The lowest BCUT2D eigenvalue weighted by Gasteiger charge is -2.33. The number of halogens is 3. The van der Waals surface area contributed by atoms with Crippen LogP contribution in [0.2, 0.25) is 0 Å². The summed E-state index contributed by atoms with van der Waals surface area (Å²) in [6.07, 6.45) is -3.99. The highest BCUT2D eigenvalue weighted by atomic mass is 19.4. The molecule has 1 N–H and O–H groups in total. The number of likely N-dealkylation sites (N-methyl/N-ethyl adjacent to an activating group) is 1. The molecule has 0 spiro atoms. The van der Waals surface area contributed by atoms with Gasteiger partial charge in [0, 0.05) is 12.6 Å². The Morgan fingerprint density at radius 2 is 1.76 bits per heavy atom. The van der Waals surface area contributed by atoms with Crippen LogP contribution in [0.5, 0.6) is 11.5 Å². The van der Waals surface area contributed by atoms with Crippen molar-refractivity contribution in [2.75, 3.05) is 37.5 Å². The molecule has 0 saturated heterocycles. The van der Waals surface area contributed by atoms with Crippen molar-refractivity contribution in [1.29, 1.82) is 0 Å². The van der Waals surface area contributed by atoms with Gasteiger partial charge in [0.25, 0.3) is 5.91 Å².